The number of methoxy groups -OCH3 is 1. The van der Waals surface area contributed by atoms with Crippen LogP contribution in [0.5, 0.6) is 11.5 Å². The van der Waals surface area contributed by atoms with Crippen molar-refractivity contribution in [1.29, 1.82) is 0 Å². The van der Waals surface area contributed by atoms with Gasteiger partial charge in [0.25, 0.3) is 0 Å². The van der Waals surface area contributed by atoms with E-state index in [1.807, 2.05) is 54.6 Å². The lowest BCUT2D eigenvalue weighted by Crippen LogP contribution is -2.42. The summed E-state index contributed by atoms with van der Waals surface area (Å²) in [5.41, 5.74) is 0. The van der Waals surface area contributed by atoms with E-state index in [-0.39, 0.29) is 5.75 Å². The fraction of sp³-hybridized carbons (Fsp3) is 0.308. The van der Waals surface area contributed by atoms with Crippen molar-refractivity contribution in [2.75, 3.05) is 33.5 Å². The third-order valence-corrected chi connectivity index (χ3v) is 8.41. The Morgan fingerprint density at radius 3 is 1.86 bits per heavy atom. The molecule has 0 saturated heterocycles. The van der Waals surface area contributed by atoms with Crippen LogP contribution in [0.25, 0.3) is 0 Å². The van der Waals surface area contributed by atoms with Crippen LogP contribution in [-0.4, -0.2) is 57.9 Å². The SMILES string of the molecule is COCCOCCOc1ccc([S+](c2ccccc2)c2ccc(OC(C)C(F)(F)S(=O)(=O)O)cc2)cc1. The van der Waals surface area contributed by atoms with Crippen LogP contribution in [0.1, 0.15) is 6.92 Å². The Morgan fingerprint density at radius 1 is 0.811 bits per heavy atom. The fourth-order valence-electron chi connectivity index (χ4n) is 3.24. The third kappa shape index (κ3) is 7.89. The summed E-state index contributed by atoms with van der Waals surface area (Å²) in [5.74, 6) is 0.751. The maximum absolute atomic E-state index is 13.9. The summed E-state index contributed by atoms with van der Waals surface area (Å²) in [4.78, 5) is 2.95. The van der Waals surface area contributed by atoms with Crippen molar-refractivity contribution < 1.29 is 40.7 Å². The zero-order chi connectivity index (χ0) is 26.9. The van der Waals surface area contributed by atoms with Gasteiger partial charge in [0.05, 0.1) is 30.7 Å². The standard InChI is InChI=1S/C26H28F2O7S2/c1-20(26(27,28)37(29,30)31)35-22-10-14-25(15-11-22)36(23-6-4-3-5-7-23)24-12-8-21(9-13-24)34-19-18-33-17-16-32-2/h3-15,20H,16-19H2,1-2H3/p+1. The third-order valence-electron chi connectivity index (χ3n) is 5.16. The number of alkyl halides is 2. The van der Waals surface area contributed by atoms with Crippen LogP contribution < -0.4 is 9.47 Å². The summed E-state index contributed by atoms with van der Waals surface area (Å²) in [5, 5.41) is -4.44. The highest BCUT2D eigenvalue weighted by molar-refractivity contribution is 7.97. The molecule has 1 N–H and O–H groups in total. The van der Waals surface area contributed by atoms with E-state index in [2.05, 4.69) is 0 Å². The Bertz CT molecular complexity index is 1210. The van der Waals surface area contributed by atoms with Crippen molar-refractivity contribution in [3.8, 4) is 11.5 Å². The average Bonchev–Trinajstić information content (AvgIpc) is 2.88. The number of benzene rings is 3. The van der Waals surface area contributed by atoms with Crippen molar-refractivity contribution in [2.24, 2.45) is 0 Å². The van der Waals surface area contributed by atoms with Gasteiger partial charge < -0.3 is 18.9 Å². The van der Waals surface area contributed by atoms with Crippen LogP contribution in [0.3, 0.4) is 0 Å². The molecule has 3 rings (SSSR count). The number of halogens is 2. The molecule has 0 bridgehead atoms. The Labute approximate surface area is 218 Å². The van der Waals surface area contributed by atoms with Crippen molar-refractivity contribution in [2.45, 2.75) is 33.0 Å². The van der Waals surface area contributed by atoms with E-state index in [0.29, 0.717) is 32.2 Å². The normalized spacial score (nSPS) is 13.6. The van der Waals surface area contributed by atoms with Crippen molar-refractivity contribution in [1.82, 2.24) is 0 Å². The Morgan fingerprint density at radius 2 is 1.32 bits per heavy atom. The zero-order valence-corrected chi connectivity index (χ0v) is 22.0. The number of hydrogen-bond donors (Lipinski definition) is 1. The van der Waals surface area contributed by atoms with Gasteiger partial charge in [0, 0.05) is 7.11 Å². The quantitative estimate of drug-likeness (QED) is 0.169. The summed E-state index contributed by atoms with van der Waals surface area (Å²) in [6, 6.07) is 24.0. The smallest absolute Gasteiger partial charge is 0.405 e. The average molecular weight is 556 g/mol. The molecule has 37 heavy (non-hydrogen) atoms. The largest absolute Gasteiger partial charge is 0.491 e. The van der Waals surface area contributed by atoms with E-state index in [1.54, 1.807) is 19.2 Å². The lowest BCUT2D eigenvalue weighted by molar-refractivity contribution is -0.0236. The maximum Gasteiger partial charge on any atom is 0.405 e. The molecule has 0 heterocycles. The maximum atomic E-state index is 13.9. The molecule has 0 spiro atoms. The summed E-state index contributed by atoms with van der Waals surface area (Å²) in [7, 11) is -4.52. The van der Waals surface area contributed by atoms with Gasteiger partial charge in [-0.3, -0.25) is 4.55 Å². The highest BCUT2D eigenvalue weighted by Crippen LogP contribution is 2.34. The molecule has 3 aromatic rings. The van der Waals surface area contributed by atoms with Crippen LogP contribution in [0.15, 0.2) is 93.5 Å². The van der Waals surface area contributed by atoms with Crippen molar-refractivity contribution in [3.63, 3.8) is 0 Å². The molecule has 0 saturated carbocycles. The van der Waals surface area contributed by atoms with E-state index < -0.39 is 32.4 Å². The second-order valence-electron chi connectivity index (χ2n) is 7.81. The molecule has 200 valence electrons. The summed E-state index contributed by atoms with van der Waals surface area (Å²) >= 11 is 0. The Balaban J connectivity index is 1.76. The first-order chi connectivity index (χ1) is 17.6. The van der Waals surface area contributed by atoms with Crippen LogP contribution >= 0.6 is 0 Å². The summed E-state index contributed by atoms with van der Waals surface area (Å²) in [6.45, 7) is 2.77. The van der Waals surface area contributed by atoms with Gasteiger partial charge in [0.15, 0.2) is 20.8 Å². The lowest BCUT2D eigenvalue weighted by atomic mass is 10.3. The van der Waals surface area contributed by atoms with Gasteiger partial charge in [-0.25, -0.2) is 0 Å². The molecule has 2 unspecified atom stereocenters. The Hall–Kier alpha value is -2.70. The fourth-order valence-corrected chi connectivity index (χ4v) is 5.77. The summed E-state index contributed by atoms with van der Waals surface area (Å²) in [6.07, 6.45) is -2.08. The molecule has 0 amide bonds. The van der Waals surface area contributed by atoms with Gasteiger partial charge in [0.2, 0.25) is 0 Å². The van der Waals surface area contributed by atoms with Crippen molar-refractivity contribution >= 4 is 21.0 Å². The topological polar surface area (TPSA) is 91.3 Å². The molecule has 0 aliphatic rings. The van der Waals surface area contributed by atoms with Gasteiger partial charge in [-0.1, -0.05) is 18.2 Å². The van der Waals surface area contributed by atoms with E-state index >= 15 is 0 Å². The van der Waals surface area contributed by atoms with E-state index in [9.17, 15) is 17.2 Å². The zero-order valence-electron chi connectivity index (χ0n) is 20.4. The molecule has 0 radical (unpaired) electrons. The van der Waals surface area contributed by atoms with Crippen LogP contribution in [0.4, 0.5) is 8.78 Å². The second-order valence-corrected chi connectivity index (χ2v) is 11.3. The van der Waals surface area contributed by atoms with Crippen LogP contribution in [-0.2, 0) is 30.5 Å². The first kappa shape index (κ1) is 28.9. The van der Waals surface area contributed by atoms with Crippen LogP contribution in [0.2, 0.25) is 0 Å². The van der Waals surface area contributed by atoms with E-state index in [4.69, 9.17) is 23.5 Å². The number of ether oxygens (including phenoxy) is 4. The van der Waals surface area contributed by atoms with Crippen LogP contribution in [0, 0.1) is 0 Å². The molecule has 7 nitrogen and oxygen atoms in total. The number of hydrogen-bond acceptors (Lipinski definition) is 6. The molecule has 2 atom stereocenters. The minimum atomic E-state index is -5.61. The molecular weight excluding hydrogens is 526 g/mol. The predicted octanol–water partition coefficient (Wildman–Crippen LogP) is 5.07. The van der Waals surface area contributed by atoms with E-state index in [1.165, 1.54) is 12.1 Å². The molecule has 3 aromatic carbocycles. The first-order valence-electron chi connectivity index (χ1n) is 11.3. The highest BCUT2D eigenvalue weighted by Gasteiger charge is 2.51. The first-order valence-corrected chi connectivity index (χ1v) is 14.0. The predicted molar refractivity (Wildman–Crippen MR) is 136 cm³/mol. The second kappa shape index (κ2) is 13.2. The molecule has 0 fully saturated rings. The molecule has 0 aliphatic heterocycles. The van der Waals surface area contributed by atoms with Gasteiger partial charge in [-0.05, 0) is 67.6 Å². The number of rotatable bonds is 14. The summed E-state index contributed by atoms with van der Waals surface area (Å²) < 4.78 is 79.7. The van der Waals surface area contributed by atoms with Crippen molar-refractivity contribution in [3.05, 3.63) is 78.9 Å². The van der Waals surface area contributed by atoms with Gasteiger partial charge in [-0.15, -0.1) is 0 Å². The molecular formula is C26H29F2O7S2+. The lowest BCUT2D eigenvalue weighted by Gasteiger charge is -2.21. The monoisotopic (exact) mass is 555 g/mol. The van der Waals surface area contributed by atoms with Gasteiger partial charge in [0.1, 0.15) is 18.1 Å². The Kier molecular flexibility index (Phi) is 10.3. The molecule has 11 heteroatoms. The van der Waals surface area contributed by atoms with Gasteiger partial charge in [-0.2, -0.15) is 17.2 Å². The molecule has 0 aliphatic carbocycles. The highest BCUT2D eigenvalue weighted by atomic mass is 32.2. The molecule has 0 aromatic heterocycles. The van der Waals surface area contributed by atoms with Gasteiger partial charge >= 0.3 is 15.4 Å². The minimum Gasteiger partial charge on any atom is -0.491 e. The minimum absolute atomic E-state index is 0.0488. The van der Waals surface area contributed by atoms with E-state index in [0.717, 1.165) is 21.6 Å².